The summed E-state index contributed by atoms with van der Waals surface area (Å²) in [5.41, 5.74) is 13.6. The normalized spacial score (nSPS) is 12.1. The summed E-state index contributed by atoms with van der Waals surface area (Å²) in [4.78, 5) is 1.72. The minimum Gasteiger partial charge on any atom is -0.309 e. The Balaban J connectivity index is 1.27. The monoisotopic (exact) mass is 560 g/mol. The first-order valence-electron chi connectivity index (χ1n) is 14.9. The van der Waals surface area contributed by atoms with Gasteiger partial charge in [-0.1, -0.05) is 103 Å². The average molecular weight is 561 g/mol. The smallest absolute Gasteiger partial charge is 0.114 e. The Morgan fingerprint density at radius 2 is 1.07 bits per heavy atom. The lowest BCUT2D eigenvalue weighted by Gasteiger charge is -2.16. The number of hydrogen-bond acceptors (Lipinski definition) is 2. The number of aromatic nitrogens is 4. The van der Waals surface area contributed by atoms with Crippen LogP contribution in [0.4, 0.5) is 0 Å². The van der Waals surface area contributed by atoms with E-state index in [1.807, 2.05) is 30.3 Å². The van der Waals surface area contributed by atoms with Gasteiger partial charge in [-0.15, -0.1) is 10.2 Å². The van der Waals surface area contributed by atoms with E-state index in [2.05, 4.69) is 120 Å². The number of para-hydroxylation sites is 2. The molecule has 0 spiro atoms. The third-order valence-electron chi connectivity index (χ3n) is 9.13. The van der Waals surface area contributed by atoms with Gasteiger partial charge in [-0.3, -0.25) is 0 Å². The number of fused-ring (bicyclic) bond motifs is 4. The summed E-state index contributed by atoms with van der Waals surface area (Å²) in [5, 5.41) is 14.8. The van der Waals surface area contributed by atoms with E-state index in [1.165, 1.54) is 54.8 Å². The minimum atomic E-state index is 0.868. The van der Waals surface area contributed by atoms with Crippen molar-refractivity contribution in [3.8, 4) is 44.8 Å². The van der Waals surface area contributed by atoms with Crippen LogP contribution in [0.25, 0.3) is 88.4 Å². The molecule has 1 aliphatic rings. The van der Waals surface area contributed by atoms with E-state index in [0.29, 0.717) is 0 Å². The first-order valence-corrected chi connectivity index (χ1v) is 14.9. The highest BCUT2D eigenvalue weighted by Crippen LogP contribution is 2.50. The van der Waals surface area contributed by atoms with Gasteiger partial charge in [-0.2, -0.15) is 4.80 Å². The Labute approximate surface area is 253 Å². The molecule has 0 radical (unpaired) electrons. The molecule has 0 N–H and O–H groups in total. The molecule has 10 rings (SSSR count). The molecule has 0 saturated carbocycles. The van der Waals surface area contributed by atoms with Crippen molar-refractivity contribution in [1.29, 1.82) is 0 Å². The third-order valence-corrected chi connectivity index (χ3v) is 9.13. The SMILES string of the molecule is c1ccc(-n2nc3ccc(-c4ccccc4-n4c5cccc6c5c5c7c(cccc7ccc54)-c4ccccc4-6)cc3n2)cc1. The minimum absolute atomic E-state index is 0.868. The second-order valence-corrected chi connectivity index (χ2v) is 11.5. The van der Waals surface area contributed by atoms with Gasteiger partial charge in [0.1, 0.15) is 11.0 Å². The molecule has 4 nitrogen and oxygen atoms in total. The third kappa shape index (κ3) is 3.17. The molecule has 2 heterocycles. The van der Waals surface area contributed by atoms with Crippen LogP contribution in [0.1, 0.15) is 0 Å². The molecule has 0 amide bonds. The Morgan fingerprint density at radius 1 is 0.409 bits per heavy atom. The van der Waals surface area contributed by atoms with Crippen LogP contribution in [-0.4, -0.2) is 19.6 Å². The summed E-state index contributed by atoms with van der Waals surface area (Å²) in [6.45, 7) is 0. The van der Waals surface area contributed by atoms with Crippen molar-refractivity contribution in [3.63, 3.8) is 0 Å². The van der Waals surface area contributed by atoms with Crippen LogP contribution in [0, 0.1) is 0 Å². The van der Waals surface area contributed by atoms with Gasteiger partial charge in [0, 0.05) is 16.3 Å². The second kappa shape index (κ2) is 8.76. The van der Waals surface area contributed by atoms with E-state index < -0.39 is 0 Å². The maximum atomic E-state index is 4.84. The Kier molecular flexibility index (Phi) is 4.69. The van der Waals surface area contributed by atoms with Gasteiger partial charge in [-0.25, -0.2) is 0 Å². The number of rotatable bonds is 3. The van der Waals surface area contributed by atoms with E-state index in [9.17, 15) is 0 Å². The number of benzene rings is 7. The van der Waals surface area contributed by atoms with Crippen molar-refractivity contribution in [2.24, 2.45) is 0 Å². The summed E-state index contributed by atoms with van der Waals surface area (Å²) in [6, 6.07) is 52.0. The van der Waals surface area contributed by atoms with Crippen LogP contribution in [0.5, 0.6) is 0 Å². The molecule has 0 atom stereocenters. The summed E-state index contributed by atoms with van der Waals surface area (Å²) >= 11 is 0. The summed E-state index contributed by atoms with van der Waals surface area (Å²) in [7, 11) is 0. The molecule has 0 aliphatic heterocycles. The van der Waals surface area contributed by atoms with Crippen molar-refractivity contribution in [2.45, 2.75) is 0 Å². The Morgan fingerprint density at radius 3 is 1.91 bits per heavy atom. The molecule has 4 heteroatoms. The van der Waals surface area contributed by atoms with Crippen molar-refractivity contribution in [3.05, 3.63) is 146 Å². The molecule has 0 bridgehead atoms. The van der Waals surface area contributed by atoms with E-state index in [-0.39, 0.29) is 0 Å². The van der Waals surface area contributed by atoms with Gasteiger partial charge in [0.05, 0.1) is 22.4 Å². The molecule has 9 aromatic rings. The largest absolute Gasteiger partial charge is 0.309 e. The maximum Gasteiger partial charge on any atom is 0.114 e. The topological polar surface area (TPSA) is 35.6 Å². The fourth-order valence-corrected chi connectivity index (χ4v) is 7.26. The Hall–Kier alpha value is -6.00. The second-order valence-electron chi connectivity index (χ2n) is 11.5. The molecule has 44 heavy (non-hydrogen) atoms. The molecule has 1 aliphatic carbocycles. The lowest BCUT2D eigenvalue weighted by molar-refractivity contribution is 0.766. The lowest BCUT2D eigenvalue weighted by Crippen LogP contribution is -1.98. The van der Waals surface area contributed by atoms with Crippen LogP contribution < -0.4 is 0 Å². The van der Waals surface area contributed by atoms with Crippen LogP contribution >= 0.6 is 0 Å². The maximum absolute atomic E-state index is 4.84. The van der Waals surface area contributed by atoms with Crippen molar-refractivity contribution >= 4 is 43.6 Å². The lowest BCUT2D eigenvalue weighted by atomic mass is 9.93. The molecule has 0 fully saturated rings. The van der Waals surface area contributed by atoms with E-state index in [0.717, 1.165) is 33.5 Å². The van der Waals surface area contributed by atoms with Crippen molar-refractivity contribution in [1.82, 2.24) is 19.6 Å². The van der Waals surface area contributed by atoms with Gasteiger partial charge in [-0.05, 0) is 81.1 Å². The van der Waals surface area contributed by atoms with Gasteiger partial charge in [0.15, 0.2) is 0 Å². The molecular formula is C40H24N4. The van der Waals surface area contributed by atoms with Crippen LogP contribution in [0.3, 0.4) is 0 Å². The number of nitrogens with zero attached hydrogens (tertiary/aromatic N) is 4. The molecule has 7 aromatic carbocycles. The Bertz CT molecular complexity index is 2610. The summed E-state index contributed by atoms with van der Waals surface area (Å²) in [6.07, 6.45) is 0. The standard InChI is InChI=1S/C40H24N4/c1-2-11-27(12-3-1)44-41-33-22-20-26(24-34(33)42-44)28-13-6-7-18-35(28)43-36-19-9-17-32-30-15-5-4-14-29(30)31-16-8-10-25-21-23-37(43)40(38(25)31)39(32)36/h1-24H. The summed E-state index contributed by atoms with van der Waals surface area (Å²) in [5.74, 6) is 0. The zero-order valence-corrected chi connectivity index (χ0v) is 23.6. The molecular weight excluding hydrogens is 536 g/mol. The van der Waals surface area contributed by atoms with Crippen molar-refractivity contribution < 1.29 is 0 Å². The first-order chi connectivity index (χ1) is 21.8. The van der Waals surface area contributed by atoms with Gasteiger partial charge in [0.2, 0.25) is 0 Å². The predicted molar refractivity (Wildman–Crippen MR) is 181 cm³/mol. The van der Waals surface area contributed by atoms with Gasteiger partial charge < -0.3 is 4.57 Å². The fourth-order valence-electron chi connectivity index (χ4n) is 7.26. The predicted octanol–water partition coefficient (Wildman–Crippen LogP) is 9.99. The average Bonchev–Trinajstić information content (AvgIpc) is 3.64. The zero-order chi connectivity index (χ0) is 28.8. The van der Waals surface area contributed by atoms with Gasteiger partial charge >= 0.3 is 0 Å². The highest BCUT2D eigenvalue weighted by Gasteiger charge is 2.25. The summed E-state index contributed by atoms with van der Waals surface area (Å²) < 4.78 is 2.46. The van der Waals surface area contributed by atoms with Crippen molar-refractivity contribution in [2.75, 3.05) is 0 Å². The van der Waals surface area contributed by atoms with Crippen LogP contribution in [0.15, 0.2) is 146 Å². The fraction of sp³-hybridized carbons (Fsp3) is 0. The zero-order valence-electron chi connectivity index (χ0n) is 23.6. The highest BCUT2D eigenvalue weighted by molar-refractivity contribution is 6.30. The van der Waals surface area contributed by atoms with E-state index in [4.69, 9.17) is 10.2 Å². The first kappa shape index (κ1) is 23.6. The molecule has 0 unspecified atom stereocenters. The van der Waals surface area contributed by atoms with E-state index in [1.54, 1.807) is 4.80 Å². The molecule has 0 saturated heterocycles. The van der Waals surface area contributed by atoms with Gasteiger partial charge in [0.25, 0.3) is 0 Å². The van der Waals surface area contributed by atoms with E-state index >= 15 is 0 Å². The molecule has 2 aromatic heterocycles. The van der Waals surface area contributed by atoms with Crippen LogP contribution in [-0.2, 0) is 0 Å². The van der Waals surface area contributed by atoms with Crippen LogP contribution in [0.2, 0.25) is 0 Å². The number of hydrogen-bond donors (Lipinski definition) is 0. The molecule has 204 valence electrons. The highest BCUT2D eigenvalue weighted by atomic mass is 15.5. The quantitative estimate of drug-likeness (QED) is 0.216.